The van der Waals surface area contributed by atoms with Crippen molar-refractivity contribution in [3.63, 3.8) is 0 Å². The van der Waals surface area contributed by atoms with E-state index in [9.17, 15) is 10.1 Å². The van der Waals surface area contributed by atoms with E-state index in [-0.39, 0.29) is 5.69 Å². The molecule has 6 nitrogen and oxygen atoms in total. The zero-order valence-corrected chi connectivity index (χ0v) is 13.7. The SMILES string of the molecule is O=[N+]([O-])c1cccc(-c2nnc(Nc3cccc(Cl)c3Cl)s2)c1. The Morgan fingerprint density at radius 2 is 1.91 bits per heavy atom. The van der Waals surface area contributed by atoms with Gasteiger partial charge in [0.15, 0.2) is 0 Å². The van der Waals surface area contributed by atoms with Gasteiger partial charge in [-0.15, -0.1) is 10.2 Å². The lowest BCUT2D eigenvalue weighted by atomic mass is 10.2. The molecule has 0 amide bonds. The van der Waals surface area contributed by atoms with Gasteiger partial charge in [0.2, 0.25) is 5.13 Å². The third-order valence-corrected chi connectivity index (χ3v) is 4.63. The van der Waals surface area contributed by atoms with Crippen molar-refractivity contribution < 1.29 is 4.92 Å². The molecule has 116 valence electrons. The molecule has 0 spiro atoms. The molecule has 0 bridgehead atoms. The summed E-state index contributed by atoms with van der Waals surface area (Å²) in [6.45, 7) is 0. The van der Waals surface area contributed by atoms with Gasteiger partial charge in [-0.2, -0.15) is 0 Å². The van der Waals surface area contributed by atoms with Crippen molar-refractivity contribution in [2.45, 2.75) is 0 Å². The van der Waals surface area contributed by atoms with Crippen molar-refractivity contribution in [2.75, 3.05) is 5.32 Å². The van der Waals surface area contributed by atoms with Gasteiger partial charge in [0.05, 0.1) is 20.7 Å². The predicted molar refractivity (Wildman–Crippen MR) is 91.7 cm³/mol. The zero-order valence-electron chi connectivity index (χ0n) is 11.4. The summed E-state index contributed by atoms with van der Waals surface area (Å²) in [5.41, 5.74) is 1.24. The molecular weight excluding hydrogens is 359 g/mol. The van der Waals surface area contributed by atoms with Gasteiger partial charge in [-0.1, -0.05) is 52.7 Å². The number of halogens is 2. The fourth-order valence-corrected chi connectivity index (χ4v) is 2.96. The summed E-state index contributed by atoms with van der Waals surface area (Å²) in [6, 6.07) is 11.4. The molecule has 2 aromatic carbocycles. The molecule has 9 heteroatoms. The minimum absolute atomic E-state index is 0.00472. The minimum Gasteiger partial charge on any atom is -0.329 e. The number of non-ortho nitro benzene ring substituents is 1. The fourth-order valence-electron chi connectivity index (χ4n) is 1.86. The molecule has 3 aromatic rings. The van der Waals surface area contributed by atoms with Crippen LogP contribution < -0.4 is 5.32 Å². The first-order valence-electron chi connectivity index (χ1n) is 6.34. The van der Waals surface area contributed by atoms with E-state index >= 15 is 0 Å². The van der Waals surface area contributed by atoms with Crippen LogP contribution in [0.25, 0.3) is 10.6 Å². The topological polar surface area (TPSA) is 81.0 Å². The molecule has 1 heterocycles. The highest BCUT2D eigenvalue weighted by Crippen LogP contribution is 2.34. The Kier molecular flexibility index (Phi) is 4.42. The second kappa shape index (κ2) is 6.49. The highest BCUT2D eigenvalue weighted by atomic mass is 35.5. The lowest BCUT2D eigenvalue weighted by Crippen LogP contribution is -1.90. The second-order valence-electron chi connectivity index (χ2n) is 4.45. The van der Waals surface area contributed by atoms with Gasteiger partial charge in [-0.3, -0.25) is 10.1 Å². The minimum atomic E-state index is -0.449. The molecule has 0 fully saturated rings. The van der Waals surface area contributed by atoms with E-state index in [1.807, 2.05) is 0 Å². The van der Waals surface area contributed by atoms with Crippen LogP contribution in [0.3, 0.4) is 0 Å². The van der Waals surface area contributed by atoms with Crippen LogP contribution in [0, 0.1) is 10.1 Å². The van der Waals surface area contributed by atoms with E-state index in [2.05, 4.69) is 15.5 Å². The molecule has 1 N–H and O–H groups in total. The summed E-state index contributed by atoms with van der Waals surface area (Å²) in [5.74, 6) is 0. The molecule has 0 saturated carbocycles. The smallest absolute Gasteiger partial charge is 0.270 e. The number of aromatic nitrogens is 2. The zero-order chi connectivity index (χ0) is 16.4. The van der Waals surface area contributed by atoms with Crippen molar-refractivity contribution in [3.05, 3.63) is 62.6 Å². The maximum atomic E-state index is 10.8. The number of rotatable bonds is 4. The molecular formula is C14H8Cl2N4O2S. The highest BCUT2D eigenvalue weighted by Gasteiger charge is 2.12. The van der Waals surface area contributed by atoms with Gasteiger partial charge >= 0.3 is 0 Å². The van der Waals surface area contributed by atoms with Gasteiger partial charge in [0.25, 0.3) is 5.69 Å². The van der Waals surface area contributed by atoms with Crippen molar-refractivity contribution in [1.29, 1.82) is 0 Å². The van der Waals surface area contributed by atoms with Gasteiger partial charge in [-0.05, 0) is 12.1 Å². The number of nitro groups is 1. The molecule has 0 saturated heterocycles. The Balaban J connectivity index is 1.87. The Labute approximate surface area is 144 Å². The number of nitrogens with one attached hydrogen (secondary N) is 1. The van der Waals surface area contributed by atoms with Gasteiger partial charge in [0.1, 0.15) is 5.01 Å². The van der Waals surface area contributed by atoms with E-state index in [0.29, 0.717) is 31.4 Å². The maximum absolute atomic E-state index is 10.8. The van der Waals surface area contributed by atoms with Gasteiger partial charge < -0.3 is 5.32 Å². The third kappa shape index (κ3) is 3.42. The van der Waals surface area contributed by atoms with Crippen LogP contribution in [-0.4, -0.2) is 15.1 Å². The number of hydrogen-bond acceptors (Lipinski definition) is 6. The molecule has 3 rings (SSSR count). The molecule has 0 aliphatic carbocycles. The van der Waals surface area contributed by atoms with Crippen molar-refractivity contribution in [3.8, 4) is 10.6 Å². The van der Waals surface area contributed by atoms with Gasteiger partial charge in [-0.25, -0.2) is 0 Å². The lowest BCUT2D eigenvalue weighted by molar-refractivity contribution is -0.384. The fraction of sp³-hybridized carbons (Fsp3) is 0. The van der Waals surface area contributed by atoms with Crippen LogP contribution in [0.2, 0.25) is 10.0 Å². The average Bonchev–Trinajstić information content (AvgIpc) is 3.00. The quantitative estimate of drug-likeness (QED) is 0.509. The molecule has 0 aliphatic rings. The summed E-state index contributed by atoms with van der Waals surface area (Å²) in [5, 5.41) is 23.8. The lowest BCUT2D eigenvalue weighted by Gasteiger charge is -2.05. The highest BCUT2D eigenvalue weighted by molar-refractivity contribution is 7.18. The maximum Gasteiger partial charge on any atom is 0.270 e. The normalized spacial score (nSPS) is 10.5. The Hall–Kier alpha value is -2.22. The molecule has 0 unspecified atom stereocenters. The Bertz CT molecular complexity index is 885. The van der Waals surface area contributed by atoms with Crippen LogP contribution in [0.4, 0.5) is 16.5 Å². The summed E-state index contributed by atoms with van der Waals surface area (Å²) < 4.78 is 0. The number of benzene rings is 2. The Morgan fingerprint density at radius 1 is 1.13 bits per heavy atom. The summed E-state index contributed by atoms with van der Waals surface area (Å²) >= 11 is 13.3. The largest absolute Gasteiger partial charge is 0.329 e. The molecule has 1 aromatic heterocycles. The second-order valence-corrected chi connectivity index (χ2v) is 6.21. The first-order valence-corrected chi connectivity index (χ1v) is 7.91. The molecule has 0 atom stereocenters. The first-order chi connectivity index (χ1) is 11.0. The van der Waals surface area contributed by atoms with Crippen LogP contribution in [-0.2, 0) is 0 Å². The van der Waals surface area contributed by atoms with E-state index in [1.54, 1.807) is 30.3 Å². The predicted octanol–water partition coefficient (Wildman–Crippen LogP) is 5.16. The van der Waals surface area contributed by atoms with E-state index < -0.39 is 4.92 Å². The number of nitro benzene ring substituents is 1. The summed E-state index contributed by atoms with van der Waals surface area (Å²) in [4.78, 5) is 10.4. The summed E-state index contributed by atoms with van der Waals surface area (Å²) in [7, 11) is 0. The molecule has 0 radical (unpaired) electrons. The van der Waals surface area contributed by atoms with E-state index in [0.717, 1.165) is 0 Å². The number of anilines is 2. The standard InChI is InChI=1S/C14H8Cl2N4O2S/c15-10-5-2-6-11(12(10)16)17-14-19-18-13(23-14)8-3-1-4-9(7-8)20(21)22/h1-7H,(H,17,19). The van der Waals surface area contributed by atoms with Crippen molar-refractivity contribution >= 4 is 51.0 Å². The van der Waals surface area contributed by atoms with E-state index in [1.165, 1.54) is 23.5 Å². The third-order valence-electron chi connectivity index (χ3n) is 2.92. The molecule has 23 heavy (non-hydrogen) atoms. The van der Waals surface area contributed by atoms with Crippen molar-refractivity contribution in [1.82, 2.24) is 10.2 Å². The first kappa shape index (κ1) is 15.7. The Morgan fingerprint density at radius 3 is 2.70 bits per heavy atom. The number of hydrogen-bond donors (Lipinski definition) is 1. The van der Waals surface area contributed by atoms with Crippen LogP contribution in [0.15, 0.2) is 42.5 Å². The average molecular weight is 367 g/mol. The van der Waals surface area contributed by atoms with Crippen LogP contribution in [0.5, 0.6) is 0 Å². The van der Waals surface area contributed by atoms with E-state index in [4.69, 9.17) is 23.2 Å². The number of nitrogens with zero attached hydrogens (tertiary/aromatic N) is 3. The monoisotopic (exact) mass is 366 g/mol. The van der Waals surface area contributed by atoms with Gasteiger partial charge in [0, 0.05) is 17.7 Å². The summed E-state index contributed by atoms with van der Waals surface area (Å²) in [6.07, 6.45) is 0. The van der Waals surface area contributed by atoms with Crippen LogP contribution in [0.1, 0.15) is 0 Å². The van der Waals surface area contributed by atoms with Crippen LogP contribution >= 0.6 is 34.5 Å². The van der Waals surface area contributed by atoms with Crippen molar-refractivity contribution in [2.24, 2.45) is 0 Å². The molecule has 0 aliphatic heterocycles.